The summed E-state index contributed by atoms with van der Waals surface area (Å²) in [6.45, 7) is 5.57. The van der Waals surface area contributed by atoms with E-state index in [1.165, 1.54) is 49.0 Å². The fourth-order valence-corrected chi connectivity index (χ4v) is 2.78. The van der Waals surface area contributed by atoms with Crippen molar-refractivity contribution in [2.75, 3.05) is 13.1 Å². The first kappa shape index (κ1) is 12.5. The van der Waals surface area contributed by atoms with Crippen LogP contribution in [0.5, 0.6) is 0 Å². The molecule has 2 aromatic rings. The Balaban J connectivity index is 1.79. The second-order valence-electron chi connectivity index (χ2n) is 5.48. The third kappa shape index (κ3) is 2.90. The van der Waals surface area contributed by atoms with Crippen LogP contribution < -0.4 is 0 Å². The third-order valence-electron chi connectivity index (χ3n) is 3.90. The molecule has 0 amide bonds. The fourth-order valence-electron chi connectivity index (χ4n) is 2.78. The van der Waals surface area contributed by atoms with E-state index >= 15 is 0 Å². The highest BCUT2D eigenvalue weighted by Crippen LogP contribution is 2.27. The van der Waals surface area contributed by atoms with Gasteiger partial charge in [-0.15, -0.1) is 0 Å². The van der Waals surface area contributed by atoms with Crippen molar-refractivity contribution >= 4 is 0 Å². The van der Waals surface area contributed by atoms with Crippen LogP contribution in [0.2, 0.25) is 0 Å². The summed E-state index contributed by atoms with van der Waals surface area (Å²) < 4.78 is 5.71. The van der Waals surface area contributed by atoms with Crippen LogP contribution in [0.25, 0.3) is 11.3 Å². The molecule has 1 aliphatic heterocycles. The van der Waals surface area contributed by atoms with E-state index in [1.807, 2.05) is 6.26 Å². The maximum Gasteiger partial charge on any atom is 0.138 e. The Labute approximate surface area is 115 Å². The van der Waals surface area contributed by atoms with Gasteiger partial charge in [-0.2, -0.15) is 0 Å². The molecular weight excluding hydrogens is 234 g/mol. The maximum absolute atomic E-state index is 5.71. The van der Waals surface area contributed by atoms with Crippen molar-refractivity contribution in [1.29, 1.82) is 0 Å². The molecule has 1 saturated heterocycles. The lowest BCUT2D eigenvalue weighted by atomic mass is 10.1. The molecule has 1 aromatic heterocycles. The minimum Gasteiger partial charge on any atom is -0.464 e. The second-order valence-corrected chi connectivity index (χ2v) is 5.48. The molecule has 100 valence electrons. The molecule has 0 saturated carbocycles. The van der Waals surface area contributed by atoms with Crippen LogP contribution in [0.15, 0.2) is 41.0 Å². The van der Waals surface area contributed by atoms with E-state index in [4.69, 9.17) is 4.42 Å². The topological polar surface area (TPSA) is 16.4 Å². The zero-order valence-corrected chi connectivity index (χ0v) is 11.6. The molecule has 1 fully saturated rings. The van der Waals surface area contributed by atoms with Gasteiger partial charge in [-0.1, -0.05) is 36.2 Å². The van der Waals surface area contributed by atoms with Crippen molar-refractivity contribution in [3.63, 3.8) is 0 Å². The minimum absolute atomic E-state index is 1.01. The smallest absolute Gasteiger partial charge is 0.138 e. The van der Waals surface area contributed by atoms with Crippen molar-refractivity contribution < 1.29 is 4.42 Å². The van der Waals surface area contributed by atoms with Gasteiger partial charge in [0.25, 0.3) is 0 Å². The van der Waals surface area contributed by atoms with Crippen molar-refractivity contribution in [2.24, 2.45) is 0 Å². The normalized spacial score (nSPS) is 16.7. The van der Waals surface area contributed by atoms with Gasteiger partial charge in [0.2, 0.25) is 0 Å². The van der Waals surface area contributed by atoms with E-state index in [0.717, 1.165) is 12.3 Å². The Morgan fingerprint density at radius 1 is 1.00 bits per heavy atom. The summed E-state index contributed by atoms with van der Waals surface area (Å²) in [4.78, 5) is 2.53. The monoisotopic (exact) mass is 255 g/mol. The predicted octanol–water partition coefficient (Wildman–Crippen LogP) is 4.24. The van der Waals surface area contributed by atoms with Crippen LogP contribution >= 0.6 is 0 Å². The van der Waals surface area contributed by atoms with Crippen LogP contribution in [0, 0.1) is 6.92 Å². The zero-order chi connectivity index (χ0) is 13.1. The van der Waals surface area contributed by atoms with Crippen LogP contribution in [-0.4, -0.2) is 18.0 Å². The quantitative estimate of drug-likeness (QED) is 0.815. The molecule has 0 bridgehead atoms. The highest BCUT2D eigenvalue weighted by molar-refractivity contribution is 5.61. The van der Waals surface area contributed by atoms with Gasteiger partial charge in [0, 0.05) is 17.7 Å². The van der Waals surface area contributed by atoms with Gasteiger partial charge in [-0.25, -0.2) is 0 Å². The number of rotatable bonds is 3. The summed E-state index contributed by atoms with van der Waals surface area (Å²) in [6.07, 6.45) is 5.86. The van der Waals surface area contributed by atoms with Gasteiger partial charge in [-0.3, -0.25) is 4.90 Å². The van der Waals surface area contributed by atoms with E-state index in [0.29, 0.717) is 0 Å². The Kier molecular flexibility index (Phi) is 3.69. The highest BCUT2D eigenvalue weighted by Gasteiger charge is 2.15. The fraction of sp³-hybridized carbons (Fsp3) is 0.412. The van der Waals surface area contributed by atoms with E-state index in [2.05, 4.69) is 42.2 Å². The number of likely N-dealkylation sites (tertiary alicyclic amines) is 1. The van der Waals surface area contributed by atoms with E-state index in [1.54, 1.807) is 0 Å². The molecule has 0 atom stereocenters. The first-order valence-electron chi connectivity index (χ1n) is 7.19. The zero-order valence-electron chi connectivity index (χ0n) is 11.6. The molecule has 0 radical (unpaired) electrons. The average molecular weight is 255 g/mol. The standard InChI is InChI=1S/C17H21NO/c1-14-5-7-15(8-6-14)17-16(9-12-19-17)13-18-10-3-2-4-11-18/h5-9,12H,2-4,10-11,13H2,1H3. The van der Waals surface area contributed by atoms with Gasteiger partial charge in [0.15, 0.2) is 0 Å². The number of aryl methyl sites for hydroxylation is 1. The Hall–Kier alpha value is -1.54. The second kappa shape index (κ2) is 5.62. The van der Waals surface area contributed by atoms with Crippen LogP contribution in [-0.2, 0) is 6.54 Å². The number of nitrogens with zero attached hydrogens (tertiary/aromatic N) is 1. The van der Waals surface area contributed by atoms with Gasteiger partial charge in [-0.05, 0) is 38.9 Å². The molecular formula is C17H21NO. The molecule has 2 nitrogen and oxygen atoms in total. The summed E-state index contributed by atoms with van der Waals surface area (Å²) in [6, 6.07) is 10.7. The number of furan rings is 1. The third-order valence-corrected chi connectivity index (χ3v) is 3.90. The highest BCUT2D eigenvalue weighted by atomic mass is 16.3. The first-order chi connectivity index (χ1) is 9.33. The van der Waals surface area contributed by atoms with Crippen molar-refractivity contribution in [2.45, 2.75) is 32.7 Å². The predicted molar refractivity (Wildman–Crippen MR) is 78.0 cm³/mol. The Bertz CT molecular complexity index is 520. The van der Waals surface area contributed by atoms with E-state index in [9.17, 15) is 0 Å². The number of hydrogen-bond donors (Lipinski definition) is 0. The van der Waals surface area contributed by atoms with Gasteiger partial charge in [0.05, 0.1) is 6.26 Å². The van der Waals surface area contributed by atoms with Gasteiger partial charge < -0.3 is 4.42 Å². The van der Waals surface area contributed by atoms with Crippen LogP contribution in [0.3, 0.4) is 0 Å². The molecule has 1 aromatic carbocycles. The molecule has 0 N–H and O–H groups in total. The number of piperidine rings is 1. The lowest BCUT2D eigenvalue weighted by Crippen LogP contribution is -2.29. The summed E-state index contributed by atoms with van der Waals surface area (Å²) >= 11 is 0. The summed E-state index contributed by atoms with van der Waals surface area (Å²) in [7, 11) is 0. The molecule has 0 unspecified atom stereocenters. The number of benzene rings is 1. The molecule has 2 heterocycles. The van der Waals surface area contributed by atoms with Gasteiger partial charge >= 0.3 is 0 Å². The maximum atomic E-state index is 5.71. The largest absolute Gasteiger partial charge is 0.464 e. The first-order valence-corrected chi connectivity index (χ1v) is 7.19. The molecule has 0 spiro atoms. The number of hydrogen-bond acceptors (Lipinski definition) is 2. The summed E-state index contributed by atoms with van der Waals surface area (Å²) in [5.41, 5.74) is 3.78. The molecule has 1 aliphatic rings. The summed E-state index contributed by atoms with van der Waals surface area (Å²) in [5, 5.41) is 0. The van der Waals surface area contributed by atoms with E-state index < -0.39 is 0 Å². The van der Waals surface area contributed by atoms with E-state index in [-0.39, 0.29) is 0 Å². The van der Waals surface area contributed by atoms with Crippen molar-refractivity contribution in [3.05, 3.63) is 47.7 Å². The average Bonchev–Trinajstić information content (AvgIpc) is 2.89. The molecule has 19 heavy (non-hydrogen) atoms. The van der Waals surface area contributed by atoms with Crippen LogP contribution in [0.4, 0.5) is 0 Å². The SMILES string of the molecule is Cc1ccc(-c2occc2CN2CCCCC2)cc1. The van der Waals surface area contributed by atoms with Crippen molar-refractivity contribution in [1.82, 2.24) is 4.90 Å². The van der Waals surface area contributed by atoms with Crippen molar-refractivity contribution in [3.8, 4) is 11.3 Å². The lowest BCUT2D eigenvalue weighted by molar-refractivity contribution is 0.221. The Morgan fingerprint density at radius 3 is 2.47 bits per heavy atom. The molecule has 2 heteroatoms. The van der Waals surface area contributed by atoms with Crippen LogP contribution in [0.1, 0.15) is 30.4 Å². The Morgan fingerprint density at radius 2 is 1.74 bits per heavy atom. The minimum atomic E-state index is 1.01. The summed E-state index contributed by atoms with van der Waals surface area (Å²) in [5.74, 6) is 1.03. The van der Waals surface area contributed by atoms with Gasteiger partial charge in [0.1, 0.15) is 5.76 Å². The lowest BCUT2D eigenvalue weighted by Gasteiger charge is -2.26. The molecule has 0 aliphatic carbocycles. The molecule has 3 rings (SSSR count).